The second-order valence-corrected chi connectivity index (χ2v) is 5.56. The van der Waals surface area contributed by atoms with Crippen molar-refractivity contribution in [3.05, 3.63) is 46.2 Å². The lowest BCUT2D eigenvalue weighted by molar-refractivity contribution is 0.626. The molecule has 0 unspecified atom stereocenters. The molecule has 0 amide bonds. The molecule has 0 aliphatic heterocycles. The van der Waals surface area contributed by atoms with Gasteiger partial charge in [0.05, 0.1) is 5.69 Å². The zero-order valence-corrected chi connectivity index (χ0v) is 10.1. The Bertz CT molecular complexity index is 546. The van der Waals surface area contributed by atoms with Gasteiger partial charge in [0, 0.05) is 17.2 Å². The van der Waals surface area contributed by atoms with Crippen LogP contribution in [0.2, 0.25) is 0 Å². The molecule has 1 saturated carbocycles. The molecule has 0 spiro atoms. The van der Waals surface area contributed by atoms with Crippen molar-refractivity contribution in [1.82, 2.24) is 4.98 Å². The largest absolute Gasteiger partial charge is 0.375 e. The van der Waals surface area contributed by atoms with Crippen LogP contribution in [0.5, 0.6) is 0 Å². The van der Waals surface area contributed by atoms with E-state index in [-0.39, 0.29) is 5.82 Å². The molecule has 1 aliphatic rings. The number of hydrogen-bond acceptors (Lipinski definition) is 3. The number of nitrogens with two attached hydrogens (primary N) is 1. The molecular weight excluding hydrogens is 235 g/mol. The molecule has 2 nitrogen and oxygen atoms in total. The fourth-order valence-electron chi connectivity index (χ4n) is 2.02. The van der Waals surface area contributed by atoms with Gasteiger partial charge in [-0.25, -0.2) is 9.37 Å². The number of halogens is 1. The average Bonchev–Trinajstić information content (AvgIpc) is 3.04. The minimum absolute atomic E-state index is 0.187. The van der Waals surface area contributed by atoms with Crippen LogP contribution in [0, 0.1) is 5.82 Å². The third-order valence-corrected chi connectivity index (χ3v) is 3.86. The average molecular weight is 248 g/mol. The first kappa shape index (κ1) is 10.7. The van der Waals surface area contributed by atoms with Crippen molar-refractivity contribution in [1.29, 1.82) is 0 Å². The number of nitrogens with zero attached hydrogens (tertiary/aromatic N) is 1. The van der Waals surface area contributed by atoms with E-state index in [2.05, 4.69) is 4.98 Å². The summed E-state index contributed by atoms with van der Waals surface area (Å²) in [5.41, 5.74) is 7.88. The van der Waals surface area contributed by atoms with Crippen LogP contribution in [-0.4, -0.2) is 4.98 Å². The topological polar surface area (TPSA) is 38.9 Å². The van der Waals surface area contributed by atoms with E-state index in [0.717, 1.165) is 17.7 Å². The summed E-state index contributed by atoms with van der Waals surface area (Å²) in [6.07, 6.45) is 3.15. The predicted molar refractivity (Wildman–Crippen MR) is 67.7 cm³/mol. The smallest absolute Gasteiger partial charge is 0.180 e. The molecule has 17 heavy (non-hydrogen) atoms. The summed E-state index contributed by atoms with van der Waals surface area (Å²) in [6.45, 7) is 0. The van der Waals surface area contributed by atoms with Gasteiger partial charge in [0.25, 0.3) is 0 Å². The molecule has 1 heterocycles. The minimum Gasteiger partial charge on any atom is -0.375 e. The zero-order chi connectivity index (χ0) is 11.8. The van der Waals surface area contributed by atoms with Crippen molar-refractivity contribution in [2.45, 2.75) is 25.2 Å². The lowest BCUT2D eigenvalue weighted by Crippen LogP contribution is -1.91. The van der Waals surface area contributed by atoms with Gasteiger partial charge >= 0.3 is 0 Å². The highest BCUT2D eigenvalue weighted by molar-refractivity contribution is 7.15. The first-order valence-corrected chi connectivity index (χ1v) is 6.53. The number of nitrogen functional groups attached to an aromatic ring is 1. The quantitative estimate of drug-likeness (QED) is 0.904. The van der Waals surface area contributed by atoms with E-state index < -0.39 is 0 Å². The molecule has 3 rings (SSSR count). The number of aromatic nitrogens is 1. The summed E-state index contributed by atoms with van der Waals surface area (Å²) in [6, 6.07) is 6.72. The van der Waals surface area contributed by atoms with Crippen molar-refractivity contribution in [3.63, 3.8) is 0 Å². The molecule has 1 aliphatic carbocycles. The van der Waals surface area contributed by atoms with Crippen LogP contribution in [0.25, 0.3) is 0 Å². The van der Waals surface area contributed by atoms with Gasteiger partial charge in [-0.3, -0.25) is 0 Å². The van der Waals surface area contributed by atoms with Crippen LogP contribution in [-0.2, 0) is 6.42 Å². The number of anilines is 1. The van der Waals surface area contributed by atoms with E-state index in [4.69, 9.17) is 5.73 Å². The van der Waals surface area contributed by atoms with Gasteiger partial charge < -0.3 is 5.73 Å². The molecule has 1 aromatic carbocycles. The number of thiazole rings is 1. The summed E-state index contributed by atoms with van der Waals surface area (Å²) in [5, 5.41) is 0.623. The molecule has 88 valence electrons. The molecule has 1 fully saturated rings. The fraction of sp³-hybridized carbons (Fsp3) is 0.308. The molecule has 2 N–H and O–H groups in total. The van der Waals surface area contributed by atoms with Crippen LogP contribution < -0.4 is 5.73 Å². The van der Waals surface area contributed by atoms with Crippen LogP contribution in [0.15, 0.2) is 24.3 Å². The van der Waals surface area contributed by atoms with E-state index in [9.17, 15) is 4.39 Å². The Morgan fingerprint density at radius 1 is 1.41 bits per heavy atom. The molecule has 0 saturated heterocycles. The van der Waals surface area contributed by atoms with Crippen molar-refractivity contribution in [2.24, 2.45) is 0 Å². The maximum absolute atomic E-state index is 13.1. The van der Waals surface area contributed by atoms with Gasteiger partial charge in [-0.15, -0.1) is 11.3 Å². The van der Waals surface area contributed by atoms with Gasteiger partial charge in [0.2, 0.25) is 0 Å². The van der Waals surface area contributed by atoms with Crippen LogP contribution >= 0.6 is 11.3 Å². The molecule has 4 heteroatoms. The summed E-state index contributed by atoms with van der Waals surface area (Å²) >= 11 is 1.53. The molecule has 2 aromatic rings. The molecule has 1 aromatic heterocycles. The Hall–Kier alpha value is -1.42. The van der Waals surface area contributed by atoms with Crippen molar-refractivity contribution in [2.75, 3.05) is 5.73 Å². The third-order valence-electron chi connectivity index (χ3n) is 2.96. The number of hydrogen-bond donors (Lipinski definition) is 1. The van der Waals surface area contributed by atoms with E-state index in [1.54, 1.807) is 12.1 Å². The first-order chi connectivity index (χ1) is 8.22. The Morgan fingerprint density at radius 3 is 2.94 bits per heavy atom. The monoisotopic (exact) mass is 248 g/mol. The van der Waals surface area contributed by atoms with Gasteiger partial charge in [-0.1, -0.05) is 12.1 Å². The van der Waals surface area contributed by atoms with Crippen molar-refractivity contribution in [3.8, 4) is 0 Å². The number of rotatable bonds is 3. The van der Waals surface area contributed by atoms with Gasteiger partial charge in [0.15, 0.2) is 5.13 Å². The number of benzene rings is 1. The van der Waals surface area contributed by atoms with E-state index in [1.165, 1.54) is 35.1 Å². The Balaban J connectivity index is 1.89. The normalized spacial score (nSPS) is 15.1. The summed E-state index contributed by atoms with van der Waals surface area (Å²) < 4.78 is 13.1. The van der Waals surface area contributed by atoms with Gasteiger partial charge in [-0.05, 0) is 30.5 Å². The summed E-state index contributed by atoms with van der Waals surface area (Å²) in [7, 11) is 0. The third kappa shape index (κ3) is 2.31. The molecule has 0 bridgehead atoms. The highest BCUT2D eigenvalue weighted by Crippen LogP contribution is 2.43. The van der Waals surface area contributed by atoms with Crippen molar-refractivity contribution >= 4 is 16.5 Å². The molecule has 0 atom stereocenters. The highest BCUT2D eigenvalue weighted by atomic mass is 32.1. The summed E-state index contributed by atoms with van der Waals surface area (Å²) in [5.74, 6) is 0.403. The maximum Gasteiger partial charge on any atom is 0.180 e. The van der Waals surface area contributed by atoms with Gasteiger partial charge in [-0.2, -0.15) is 0 Å². The first-order valence-electron chi connectivity index (χ1n) is 5.72. The Morgan fingerprint density at radius 2 is 2.24 bits per heavy atom. The fourth-order valence-corrected chi connectivity index (χ4v) is 2.97. The van der Waals surface area contributed by atoms with Gasteiger partial charge in [0.1, 0.15) is 5.82 Å². The van der Waals surface area contributed by atoms with E-state index in [1.807, 2.05) is 6.07 Å². The summed E-state index contributed by atoms with van der Waals surface area (Å²) in [4.78, 5) is 5.58. The van der Waals surface area contributed by atoms with Crippen LogP contribution in [0.4, 0.5) is 9.52 Å². The lowest BCUT2D eigenvalue weighted by Gasteiger charge is -2.01. The second kappa shape index (κ2) is 4.11. The van der Waals surface area contributed by atoms with E-state index in [0.29, 0.717) is 11.0 Å². The maximum atomic E-state index is 13.1. The molecule has 0 radical (unpaired) electrons. The van der Waals surface area contributed by atoms with E-state index >= 15 is 0 Å². The highest BCUT2D eigenvalue weighted by Gasteiger charge is 2.29. The lowest BCUT2D eigenvalue weighted by atomic mass is 10.1. The minimum atomic E-state index is -0.187. The standard InChI is InChI=1S/C13H13FN2S/c14-10-3-1-2-8(6-10)7-11-12(9-4-5-9)16-13(15)17-11/h1-3,6,9H,4-5,7H2,(H2,15,16). The predicted octanol–water partition coefficient (Wildman–Crippen LogP) is 3.33. The Labute approximate surface area is 103 Å². The zero-order valence-electron chi connectivity index (χ0n) is 9.32. The SMILES string of the molecule is Nc1nc(C2CC2)c(Cc2cccc(F)c2)s1. The second-order valence-electron chi connectivity index (χ2n) is 4.44. The van der Waals surface area contributed by atoms with Crippen LogP contribution in [0.1, 0.15) is 34.9 Å². The Kier molecular flexibility index (Phi) is 2.59. The van der Waals surface area contributed by atoms with Crippen LogP contribution in [0.3, 0.4) is 0 Å². The molecular formula is C13H13FN2S. The van der Waals surface area contributed by atoms with Crippen molar-refractivity contribution < 1.29 is 4.39 Å².